The van der Waals surface area contributed by atoms with Gasteiger partial charge in [-0.1, -0.05) is 30.3 Å². The van der Waals surface area contributed by atoms with Crippen LogP contribution in [0.5, 0.6) is 0 Å². The molecule has 5 nitrogen and oxygen atoms in total. The normalized spacial score (nSPS) is 16.9. The summed E-state index contributed by atoms with van der Waals surface area (Å²) < 4.78 is 5.47. The Bertz CT molecular complexity index is 499. The zero-order valence-electron chi connectivity index (χ0n) is 15.5. The lowest BCUT2D eigenvalue weighted by molar-refractivity contribution is 0.0661. The van der Waals surface area contributed by atoms with Crippen LogP contribution in [0.25, 0.3) is 0 Å². The maximum absolute atomic E-state index is 12.2. The van der Waals surface area contributed by atoms with Crippen molar-refractivity contribution >= 4 is 6.03 Å². The van der Waals surface area contributed by atoms with Crippen LogP contribution < -0.4 is 5.32 Å². The summed E-state index contributed by atoms with van der Waals surface area (Å²) in [5.41, 5.74) is 1.17. The van der Waals surface area contributed by atoms with Gasteiger partial charge in [-0.15, -0.1) is 0 Å². The van der Waals surface area contributed by atoms with Gasteiger partial charge in [0.15, 0.2) is 0 Å². The first-order valence-corrected chi connectivity index (χ1v) is 9.42. The Hall–Kier alpha value is -1.59. The number of benzene rings is 1. The van der Waals surface area contributed by atoms with Crippen LogP contribution in [0.3, 0.4) is 0 Å². The van der Waals surface area contributed by atoms with E-state index >= 15 is 0 Å². The van der Waals surface area contributed by atoms with Crippen molar-refractivity contribution < 1.29 is 14.6 Å². The summed E-state index contributed by atoms with van der Waals surface area (Å²) in [6.07, 6.45) is 3.14. The third-order valence-corrected chi connectivity index (χ3v) is 4.71. The average molecular weight is 348 g/mol. The van der Waals surface area contributed by atoms with Crippen LogP contribution in [0.2, 0.25) is 0 Å². The number of amides is 2. The van der Waals surface area contributed by atoms with E-state index in [-0.39, 0.29) is 24.2 Å². The van der Waals surface area contributed by atoms with E-state index in [2.05, 4.69) is 17.4 Å². The number of likely N-dealkylation sites (tertiary alicyclic amines) is 1. The molecule has 0 aliphatic carbocycles. The lowest BCUT2D eigenvalue weighted by atomic mass is 9.88. The topological polar surface area (TPSA) is 61.8 Å². The lowest BCUT2D eigenvalue weighted by Crippen LogP contribution is -2.46. The van der Waals surface area contributed by atoms with E-state index < -0.39 is 0 Å². The minimum atomic E-state index is -0.333. The first-order chi connectivity index (χ1) is 12.1. The molecule has 5 heteroatoms. The minimum Gasteiger partial charge on any atom is -0.392 e. The molecule has 0 aromatic heterocycles. The zero-order chi connectivity index (χ0) is 18.1. The summed E-state index contributed by atoms with van der Waals surface area (Å²) >= 11 is 0. The fourth-order valence-corrected chi connectivity index (χ4v) is 3.21. The molecule has 1 aromatic rings. The monoisotopic (exact) mass is 348 g/mol. The highest BCUT2D eigenvalue weighted by Gasteiger charge is 2.27. The molecule has 1 atom stereocenters. The number of nitrogens with one attached hydrogen (secondary N) is 1. The fourth-order valence-electron chi connectivity index (χ4n) is 3.21. The lowest BCUT2D eigenvalue weighted by Gasteiger charge is -2.34. The van der Waals surface area contributed by atoms with Crippen LogP contribution >= 0.6 is 0 Å². The third kappa shape index (κ3) is 7.04. The SMILES string of the molecule is CC(C)OCCCNC(=O)N1CCC([C@H](O)Cc2ccccc2)CC1. The number of hydrogen-bond donors (Lipinski definition) is 2. The molecule has 140 valence electrons. The highest BCUT2D eigenvalue weighted by atomic mass is 16.5. The molecule has 25 heavy (non-hydrogen) atoms. The summed E-state index contributed by atoms with van der Waals surface area (Å²) in [7, 11) is 0. The number of hydrogen-bond acceptors (Lipinski definition) is 3. The van der Waals surface area contributed by atoms with E-state index in [9.17, 15) is 9.90 Å². The van der Waals surface area contributed by atoms with Crippen LogP contribution in [-0.2, 0) is 11.2 Å². The van der Waals surface area contributed by atoms with Gasteiger partial charge < -0.3 is 20.1 Å². The fraction of sp³-hybridized carbons (Fsp3) is 0.650. The molecule has 0 unspecified atom stereocenters. The van der Waals surface area contributed by atoms with Gasteiger partial charge in [0.25, 0.3) is 0 Å². The summed E-state index contributed by atoms with van der Waals surface area (Å²) in [5, 5.41) is 13.4. The van der Waals surface area contributed by atoms with Gasteiger partial charge >= 0.3 is 6.03 Å². The molecule has 2 rings (SSSR count). The Labute approximate surface area is 151 Å². The van der Waals surface area contributed by atoms with E-state index in [1.165, 1.54) is 5.56 Å². The van der Waals surface area contributed by atoms with Crippen molar-refractivity contribution in [2.45, 2.75) is 51.7 Å². The minimum absolute atomic E-state index is 0.000506. The maximum Gasteiger partial charge on any atom is 0.317 e. The molecule has 2 N–H and O–H groups in total. The quantitative estimate of drug-likeness (QED) is 0.710. The number of rotatable bonds is 8. The highest BCUT2D eigenvalue weighted by molar-refractivity contribution is 5.74. The third-order valence-electron chi connectivity index (χ3n) is 4.71. The van der Waals surface area contributed by atoms with Crippen LogP contribution in [0.1, 0.15) is 38.7 Å². The van der Waals surface area contributed by atoms with Crippen molar-refractivity contribution in [3.05, 3.63) is 35.9 Å². The van der Waals surface area contributed by atoms with E-state index in [4.69, 9.17) is 4.74 Å². The highest BCUT2D eigenvalue weighted by Crippen LogP contribution is 2.23. The van der Waals surface area contributed by atoms with Crippen molar-refractivity contribution in [2.24, 2.45) is 5.92 Å². The first-order valence-electron chi connectivity index (χ1n) is 9.42. The number of ether oxygens (including phenoxy) is 1. The second-order valence-corrected chi connectivity index (χ2v) is 7.09. The summed E-state index contributed by atoms with van der Waals surface area (Å²) in [6.45, 7) is 6.76. The number of aliphatic hydroxyl groups is 1. The average Bonchev–Trinajstić information content (AvgIpc) is 2.62. The molecule has 1 aromatic carbocycles. The number of aliphatic hydroxyl groups excluding tert-OH is 1. The Kier molecular flexibility index (Phi) is 8.22. The van der Waals surface area contributed by atoms with Gasteiger partial charge in [0, 0.05) is 26.2 Å². The molecule has 0 radical (unpaired) electrons. The number of nitrogens with zero attached hydrogens (tertiary/aromatic N) is 1. The van der Waals surface area contributed by atoms with Gasteiger partial charge in [-0.05, 0) is 51.0 Å². The number of urea groups is 1. The van der Waals surface area contributed by atoms with E-state index in [1.807, 2.05) is 36.9 Å². The molecule has 0 saturated carbocycles. The van der Waals surface area contributed by atoms with Gasteiger partial charge in [-0.2, -0.15) is 0 Å². The first kappa shape index (κ1) is 19.7. The van der Waals surface area contributed by atoms with Gasteiger partial charge in [-0.25, -0.2) is 4.79 Å². The van der Waals surface area contributed by atoms with Crippen molar-refractivity contribution in [3.8, 4) is 0 Å². The van der Waals surface area contributed by atoms with Crippen LogP contribution in [0.4, 0.5) is 4.79 Å². The molecule has 2 amide bonds. The van der Waals surface area contributed by atoms with Crippen molar-refractivity contribution in [3.63, 3.8) is 0 Å². The van der Waals surface area contributed by atoms with Crippen LogP contribution in [0.15, 0.2) is 30.3 Å². The largest absolute Gasteiger partial charge is 0.392 e. The second-order valence-electron chi connectivity index (χ2n) is 7.09. The molecular weight excluding hydrogens is 316 g/mol. The molecule has 1 heterocycles. The molecule has 1 aliphatic rings. The van der Waals surface area contributed by atoms with Crippen LogP contribution in [-0.4, -0.2) is 54.5 Å². The number of piperidine rings is 1. The van der Waals surface area contributed by atoms with E-state index in [0.29, 0.717) is 32.7 Å². The van der Waals surface area contributed by atoms with Gasteiger partial charge in [-0.3, -0.25) is 0 Å². The molecule has 0 bridgehead atoms. The van der Waals surface area contributed by atoms with Gasteiger partial charge in [0.2, 0.25) is 0 Å². The summed E-state index contributed by atoms with van der Waals surface area (Å²) in [6, 6.07) is 10.1. The van der Waals surface area contributed by atoms with E-state index in [1.54, 1.807) is 0 Å². The smallest absolute Gasteiger partial charge is 0.317 e. The van der Waals surface area contributed by atoms with Crippen molar-refractivity contribution in [1.29, 1.82) is 0 Å². The number of carbonyl (C=O) groups is 1. The Morgan fingerprint density at radius 3 is 2.60 bits per heavy atom. The second kappa shape index (κ2) is 10.4. The maximum atomic E-state index is 12.2. The Balaban J connectivity index is 1.64. The predicted octanol–water partition coefficient (Wildman–Crippen LogP) is 2.83. The molecule has 0 spiro atoms. The zero-order valence-corrected chi connectivity index (χ0v) is 15.5. The molecular formula is C20H32N2O3. The van der Waals surface area contributed by atoms with Crippen molar-refractivity contribution in [2.75, 3.05) is 26.2 Å². The van der Waals surface area contributed by atoms with Gasteiger partial charge in [0.05, 0.1) is 12.2 Å². The van der Waals surface area contributed by atoms with E-state index in [0.717, 1.165) is 19.3 Å². The summed E-state index contributed by atoms with van der Waals surface area (Å²) in [4.78, 5) is 14.0. The number of carbonyl (C=O) groups excluding carboxylic acids is 1. The Morgan fingerprint density at radius 1 is 1.28 bits per heavy atom. The van der Waals surface area contributed by atoms with Gasteiger partial charge in [0.1, 0.15) is 0 Å². The van der Waals surface area contributed by atoms with Crippen LogP contribution in [0, 0.1) is 5.92 Å². The summed E-state index contributed by atoms with van der Waals surface area (Å²) in [5.74, 6) is 0.267. The van der Waals surface area contributed by atoms with Crippen molar-refractivity contribution in [1.82, 2.24) is 10.2 Å². The Morgan fingerprint density at radius 2 is 1.96 bits per heavy atom. The molecule has 1 fully saturated rings. The predicted molar refractivity (Wildman–Crippen MR) is 99.6 cm³/mol. The molecule has 1 saturated heterocycles. The standard InChI is InChI=1S/C20H32N2O3/c1-16(2)25-14-6-11-21-20(24)22-12-9-18(10-13-22)19(23)15-17-7-4-3-5-8-17/h3-5,7-8,16,18-19,23H,6,9-15H2,1-2H3,(H,21,24)/t19-/m1/s1. The molecule has 1 aliphatic heterocycles.